The number of nitrogens with zero attached hydrogens (tertiary/aromatic N) is 3. The standard InChI is InChI=1S/C15H24N4/c1-2-14-17-10-13(15(18-14)11-4-3-5-11)19-8-6-12(16)7-9-19/h10-12H,2-9,16H2,1H3. The number of hydrogen-bond donors (Lipinski definition) is 1. The number of nitrogens with two attached hydrogens (primary N) is 1. The van der Waals surface area contributed by atoms with Gasteiger partial charge in [-0.1, -0.05) is 13.3 Å². The van der Waals surface area contributed by atoms with E-state index < -0.39 is 0 Å². The summed E-state index contributed by atoms with van der Waals surface area (Å²) in [5.41, 5.74) is 8.57. The fraction of sp³-hybridized carbons (Fsp3) is 0.733. The summed E-state index contributed by atoms with van der Waals surface area (Å²) in [7, 11) is 0. The summed E-state index contributed by atoms with van der Waals surface area (Å²) in [5.74, 6) is 1.65. The molecule has 4 nitrogen and oxygen atoms in total. The molecule has 1 aromatic rings. The highest BCUT2D eigenvalue weighted by atomic mass is 15.2. The molecular formula is C15H24N4. The van der Waals surface area contributed by atoms with Crippen molar-refractivity contribution in [2.24, 2.45) is 5.73 Å². The van der Waals surface area contributed by atoms with Gasteiger partial charge in [0.15, 0.2) is 0 Å². The predicted molar refractivity (Wildman–Crippen MR) is 77.4 cm³/mol. The largest absolute Gasteiger partial charge is 0.369 e. The molecular weight excluding hydrogens is 236 g/mol. The van der Waals surface area contributed by atoms with Crippen LogP contribution in [0.5, 0.6) is 0 Å². The van der Waals surface area contributed by atoms with Crippen LogP contribution in [0.3, 0.4) is 0 Å². The Morgan fingerprint density at radius 3 is 2.58 bits per heavy atom. The van der Waals surface area contributed by atoms with E-state index >= 15 is 0 Å². The first kappa shape index (κ1) is 12.9. The monoisotopic (exact) mass is 260 g/mol. The van der Waals surface area contributed by atoms with Crippen LogP contribution in [0.25, 0.3) is 0 Å². The summed E-state index contributed by atoms with van der Waals surface area (Å²) in [4.78, 5) is 11.8. The van der Waals surface area contributed by atoms with Gasteiger partial charge in [0.2, 0.25) is 0 Å². The van der Waals surface area contributed by atoms with E-state index in [2.05, 4.69) is 23.0 Å². The number of aryl methyl sites for hydroxylation is 1. The zero-order chi connectivity index (χ0) is 13.2. The normalized spacial score (nSPS) is 21.5. The molecule has 0 unspecified atom stereocenters. The molecule has 19 heavy (non-hydrogen) atoms. The molecule has 2 aliphatic rings. The van der Waals surface area contributed by atoms with Crippen LogP contribution in [-0.2, 0) is 6.42 Å². The Labute approximate surface area is 115 Å². The Morgan fingerprint density at radius 2 is 2.00 bits per heavy atom. The topological polar surface area (TPSA) is 55.0 Å². The lowest BCUT2D eigenvalue weighted by atomic mass is 9.82. The third kappa shape index (κ3) is 2.59. The third-order valence-electron chi connectivity index (χ3n) is 4.54. The van der Waals surface area contributed by atoms with Crippen molar-refractivity contribution in [3.8, 4) is 0 Å². The lowest BCUT2D eigenvalue weighted by molar-refractivity contribution is 0.407. The molecule has 0 spiro atoms. The summed E-state index contributed by atoms with van der Waals surface area (Å²) >= 11 is 0. The number of rotatable bonds is 3. The molecule has 2 N–H and O–H groups in total. The maximum atomic E-state index is 6.00. The molecule has 2 heterocycles. The molecule has 0 atom stereocenters. The van der Waals surface area contributed by atoms with Gasteiger partial charge in [0.1, 0.15) is 5.82 Å². The molecule has 0 amide bonds. The molecule has 104 valence electrons. The van der Waals surface area contributed by atoms with Gasteiger partial charge in [-0.15, -0.1) is 0 Å². The highest BCUT2D eigenvalue weighted by molar-refractivity contribution is 5.51. The quantitative estimate of drug-likeness (QED) is 0.905. The highest BCUT2D eigenvalue weighted by Gasteiger charge is 2.27. The maximum absolute atomic E-state index is 6.00. The van der Waals surface area contributed by atoms with Gasteiger partial charge in [0.05, 0.1) is 17.6 Å². The van der Waals surface area contributed by atoms with Gasteiger partial charge < -0.3 is 10.6 Å². The van der Waals surface area contributed by atoms with Gasteiger partial charge in [-0.3, -0.25) is 0 Å². The Morgan fingerprint density at radius 1 is 1.26 bits per heavy atom. The Kier molecular flexibility index (Phi) is 3.69. The lowest BCUT2D eigenvalue weighted by Crippen LogP contribution is -2.40. The molecule has 1 aliphatic heterocycles. The molecule has 1 aliphatic carbocycles. The van der Waals surface area contributed by atoms with E-state index in [4.69, 9.17) is 10.7 Å². The minimum Gasteiger partial charge on any atom is -0.369 e. The summed E-state index contributed by atoms with van der Waals surface area (Å²) in [6.07, 6.45) is 9.07. The SMILES string of the molecule is CCc1ncc(N2CCC(N)CC2)c(C2CCC2)n1. The molecule has 4 heteroatoms. The summed E-state index contributed by atoms with van der Waals surface area (Å²) in [6.45, 7) is 4.23. The minimum absolute atomic E-state index is 0.374. The fourth-order valence-electron chi connectivity index (χ4n) is 2.96. The van der Waals surface area contributed by atoms with Gasteiger partial charge in [-0.05, 0) is 25.7 Å². The second kappa shape index (κ2) is 5.45. The van der Waals surface area contributed by atoms with E-state index in [0.717, 1.165) is 38.2 Å². The first-order valence-electron chi connectivity index (χ1n) is 7.64. The average Bonchev–Trinajstić information content (AvgIpc) is 2.38. The van der Waals surface area contributed by atoms with Crippen molar-refractivity contribution in [3.63, 3.8) is 0 Å². The Balaban J connectivity index is 1.86. The Bertz CT molecular complexity index is 434. The number of piperidine rings is 1. The van der Waals surface area contributed by atoms with E-state index in [1.54, 1.807) is 0 Å². The van der Waals surface area contributed by atoms with Gasteiger partial charge >= 0.3 is 0 Å². The van der Waals surface area contributed by atoms with E-state index in [1.807, 2.05) is 0 Å². The van der Waals surface area contributed by atoms with Crippen LogP contribution < -0.4 is 10.6 Å². The second-order valence-electron chi connectivity index (χ2n) is 5.86. The van der Waals surface area contributed by atoms with Gasteiger partial charge in [0.25, 0.3) is 0 Å². The molecule has 1 aromatic heterocycles. The van der Waals surface area contributed by atoms with Gasteiger partial charge in [-0.25, -0.2) is 9.97 Å². The van der Waals surface area contributed by atoms with E-state index in [0.29, 0.717) is 12.0 Å². The smallest absolute Gasteiger partial charge is 0.128 e. The molecule has 3 rings (SSSR count). The van der Waals surface area contributed by atoms with E-state index in [1.165, 1.54) is 30.6 Å². The van der Waals surface area contributed by atoms with E-state index in [9.17, 15) is 0 Å². The van der Waals surface area contributed by atoms with Crippen molar-refractivity contribution in [1.82, 2.24) is 9.97 Å². The number of hydrogen-bond acceptors (Lipinski definition) is 4. The van der Waals surface area contributed by atoms with Crippen LogP contribution in [0.2, 0.25) is 0 Å². The van der Waals surface area contributed by atoms with Crippen molar-refractivity contribution in [2.75, 3.05) is 18.0 Å². The zero-order valence-electron chi connectivity index (χ0n) is 11.8. The Hall–Kier alpha value is -1.16. The minimum atomic E-state index is 0.374. The van der Waals surface area contributed by atoms with Crippen molar-refractivity contribution in [2.45, 2.75) is 57.4 Å². The summed E-state index contributed by atoms with van der Waals surface area (Å²) < 4.78 is 0. The van der Waals surface area contributed by atoms with Crippen molar-refractivity contribution in [3.05, 3.63) is 17.7 Å². The van der Waals surface area contributed by atoms with Gasteiger partial charge in [-0.2, -0.15) is 0 Å². The van der Waals surface area contributed by atoms with Crippen LogP contribution in [0.15, 0.2) is 6.20 Å². The second-order valence-corrected chi connectivity index (χ2v) is 5.86. The molecule has 2 fully saturated rings. The highest BCUT2D eigenvalue weighted by Crippen LogP contribution is 2.40. The molecule has 0 aromatic carbocycles. The predicted octanol–water partition coefficient (Wildman–Crippen LogP) is 2.23. The molecule has 0 bridgehead atoms. The van der Waals surface area contributed by atoms with Crippen molar-refractivity contribution in [1.29, 1.82) is 0 Å². The van der Waals surface area contributed by atoms with Crippen LogP contribution in [0, 0.1) is 0 Å². The average molecular weight is 260 g/mol. The number of anilines is 1. The first-order chi connectivity index (χ1) is 9.28. The third-order valence-corrected chi connectivity index (χ3v) is 4.54. The first-order valence-corrected chi connectivity index (χ1v) is 7.64. The maximum Gasteiger partial charge on any atom is 0.128 e. The van der Waals surface area contributed by atoms with Crippen LogP contribution >= 0.6 is 0 Å². The molecule has 1 saturated heterocycles. The van der Waals surface area contributed by atoms with Gasteiger partial charge in [0, 0.05) is 31.5 Å². The lowest BCUT2D eigenvalue weighted by Gasteiger charge is -2.35. The van der Waals surface area contributed by atoms with Crippen molar-refractivity contribution >= 4 is 5.69 Å². The van der Waals surface area contributed by atoms with Crippen LogP contribution in [-0.4, -0.2) is 29.1 Å². The van der Waals surface area contributed by atoms with Crippen LogP contribution in [0.4, 0.5) is 5.69 Å². The molecule has 1 saturated carbocycles. The summed E-state index contributed by atoms with van der Waals surface area (Å²) in [6, 6.07) is 0.374. The van der Waals surface area contributed by atoms with Crippen molar-refractivity contribution < 1.29 is 0 Å². The van der Waals surface area contributed by atoms with E-state index in [-0.39, 0.29) is 0 Å². The zero-order valence-corrected chi connectivity index (χ0v) is 11.8. The summed E-state index contributed by atoms with van der Waals surface area (Å²) in [5, 5.41) is 0. The van der Waals surface area contributed by atoms with Crippen LogP contribution in [0.1, 0.15) is 56.5 Å². The fourth-order valence-corrected chi connectivity index (χ4v) is 2.96. The number of aromatic nitrogens is 2. The molecule has 0 radical (unpaired) electrons.